The SMILES string of the molecule is CCOc1ccccc1N1CCN(C(=O)/C=C/c2c(C)nn(-c3ccc(F)cc3)c2C)CC1. The molecule has 0 bridgehead atoms. The van der Waals surface area contributed by atoms with Crippen molar-refractivity contribution in [1.82, 2.24) is 14.7 Å². The molecule has 3 aromatic rings. The number of carbonyl (C=O) groups is 1. The fourth-order valence-electron chi connectivity index (χ4n) is 4.15. The fraction of sp³-hybridized carbons (Fsp3) is 0.308. The molecule has 0 spiro atoms. The molecule has 1 fully saturated rings. The van der Waals surface area contributed by atoms with E-state index in [-0.39, 0.29) is 11.7 Å². The number of para-hydroxylation sites is 2. The Morgan fingerprint density at radius 2 is 1.76 bits per heavy atom. The van der Waals surface area contributed by atoms with Crippen molar-refractivity contribution in [2.45, 2.75) is 20.8 Å². The van der Waals surface area contributed by atoms with Gasteiger partial charge in [0.05, 0.1) is 23.7 Å². The van der Waals surface area contributed by atoms with E-state index >= 15 is 0 Å². The lowest BCUT2D eigenvalue weighted by Gasteiger charge is -2.36. The molecule has 1 amide bonds. The normalized spacial score (nSPS) is 14.2. The predicted octanol–water partition coefficient (Wildman–Crippen LogP) is 4.39. The molecule has 2 heterocycles. The summed E-state index contributed by atoms with van der Waals surface area (Å²) in [7, 11) is 0. The summed E-state index contributed by atoms with van der Waals surface area (Å²) in [5.41, 5.74) is 4.48. The molecule has 0 N–H and O–H groups in total. The van der Waals surface area contributed by atoms with Crippen molar-refractivity contribution in [2.24, 2.45) is 0 Å². The van der Waals surface area contributed by atoms with Crippen LogP contribution in [0.25, 0.3) is 11.8 Å². The van der Waals surface area contributed by atoms with Gasteiger partial charge in [0.1, 0.15) is 11.6 Å². The van der Waals surface area contributed by atoms with Gasteiger partial charge in [-0.2, -0.15) is 5.10 Å². The van der Waals surface area contributed by atoms with E-state index in [1.54, 1.807) is 22.9 Å². The Bertz CT molecular complexity index is 1150. The summed E-state index contributed by atoms with van der Waals surface area (Å²) in [5, 5.41) is 4.57. The molecule has 6 nitrogen and oxygen atoms in total. The van der Waals surface area contributed by atoms with E-state index in [1.165, 1.54) is 12.1 Å². The van der Waals surface area contributed by atoms with Crippen LogP contribution in [-0.2, 0) is 4.79 Å². The number of aromatic nitrogens is 2. The summed E-state index contributed by atoms with van der Waals surface area (Å²) in [6.07, 6.45) is 3.45. The zero-order chi connectivity index (χ0) is 23.4. The second-order valence-electron chi connectivity index (χ2n) is 8.02. The van der Waals surface area contributed by atoms with Gasteiger partial charge in [-0.25, -0.2) is 9.07 Å². The zero-order valence-corrected chi connectivity index (χ0v) is 19.3. The summed E-state index contributed by atoms with van der Waals surface area (Å²) in [4.78, 5) is 17.0. The number of piperazine rings is 1. The number of ether oxygens (including phenoxy) is 1. The van der Waals surface area contributed by atoms with Crippen LogP contribution in [0.2, 0.25) is 0 Å². The maximum atomic E-state index is 13.3. The summed E-state index contributed by atoms with van der Waals surface area (Å²) in [6.45, 7) is 9.26. The lowest BCUT2D eigenvalue weighted by Crippen LogP contribution is -2.48. The van der Waals surface area contributed by atoms with Gasteiger partial charge in [0, 0.05) is 43.5 Å². The van der Waals surface area contributed by atoms with Gasteiger partial charge in [-0.3, -0.25) is 4.79 Å². The molecule has 1 aliphatic heterocycles. The summed E-state index contributed by atoms with van der Waals surface area (Å²) in [6, 6.07) is 14.2. The summed E-state index contributed by atoms with van der Waals surface area (Å²) >= 11 is 0. The second-order valence-corrected chi connectivity index (χ2v) is 8.02. The molecule has 7 heteroatoms. The third-order valence-electron chi connectivity index (χ3n) is 5.91. The van der Waals surface area contributed by atoms with Crippen LogP contribution in [-0.4, -0.2) is 53.4 Å². The van der Waals surface area contributed by atoms with E-state index in [0.717, 1.165) is 47.2 Å². The van der Waals surface area contributed by atoms with E-state index in [9.17, 15) is 9.18 Å². The number of rotatable bonds is 6. The number of aryl methyl sites for hydroxylation is 1. The number of anilines is 1. The molecule has 2 aromatic carbocycles. The molecular formula is C26H29FN4O2. The van der Waals surface area contributed by atoms with Crippen molar-refractivity contribution >= 4 is 17.7 Å². The van der Waals surface area contributed by atoms with Crippen molar-refractivity contribution in [3.8, 4) is 11.4 Å². The molecule has 1 aromatic heterocycles. The van der Waals surface area contributed by atoms with Crippen molar-refractivity contribution in [2.75, 3.05) is 37.7 Å². The highest BCUT2D eigenvalue weighted by Gasteiger charge is 2.22. The van der Waals surface area contributed by atoms with Crippen LogP contribution < -0.4 is 9.64 Å². The largest absolute Gasteiger partial charge is 0.492 e. The zero-order valence-electron chi connectivity index (χ0n) is 19.3. The second kappa shape index (κ2) is 9.90. The highest BCUT2D eigenvalue weighted by Crippen LogP contribution is 2.29. The molecule has 1 saturated heterocycles. The van der Waals surface area contributed by atoms with E-state index in [2.05, 4.69) is 16.1 Å². The quantitative estimate of drug-likeness (QED) is 0.525. The van der Waals surface area contributed by atoms with Crippen LogP contribution in [0.1, 0.15) is 23.9 Å². The van der Waals surface area contributed by atoms with Gasteiger partial charge in [0.15, 0.2) is 0 Å². The Balaban J connectivity index is 1.42. The third-order valence-corrected chi connectivity index (χ3v) is 5.91. The number of halogens is 1. The van der Waals surface area contributed by atoms with Crippen LogP contribution in [0.4, 0.5) is 10.1 Å². The fourth-order valence-corrected chi connectivity index (χ4v) is 4.15. The number of carbonyl (C=O) groups excluding carboxylic acids is 1. The Morgan fingerprint density at radius 3 is 2.45 bits per heavy atom. The molecule has 1 aliphatic rings. The minimum Gasteiger partial charge on any atom is -0.492 e. The van der Waals surface area contributed by atoms with E-state index in [0.29, 0.717) is 19.7 Å². The standard InChI is InChI=1S/C26H29FN4O2/c1-4-33-25-8-6-5-7-24(25)29-15-17-30(18-16-29)26(32)14-13-23-19(2)28-31(20(23)3)22-11-9-21(27)10-12-22/h5-14H,4,15-18H2,1-3H3/b14-13+. The molecule has 172 valence electrons. The van der Waals surface area contributed by atoms with Gasteiger partial charge in [-0.1, -0.05) is 12.1 Å². The van der Waals surface area contributed by atoms with Crippen molar-refractivity contribution < 1.29 is 13.9 Å². The molecule has 0 radical (unpaired) electrons. The Kier molecular flexibility index (Phi) is 6.77. The van der Waals surface area contributed by atoms with Gasteiger partial charge in [-0.05, 0) is 63.2 Å². The minimum atomic E-state index is -0.285. The van der Waals surface area contributed by atoms with Crippen LogP contribution in [0.15, 0.2) is 54.6 Å². The molecule has 0 atom stereocenters. The van der Waals surface area contributed by atoms with Crippen molar-refractivity contribution in [3.05, 3.63) is 77.4 Å². The predicted molar refractivity (Wildman–Crippen MR) is 128 cm³/mol. The Morgan fingerprint density at radius 1 is 1.06 bits per heavy atom. The topological polar surface area (TPSA) is 50.6 Å². The number of hydrogen-bond donors (Lipinski definition) is 0. The molecule has 0 aliphatic carbocycles. The number of hydrogen-bond acceptors (Lipinski definition) is 4. The minimum absolute atomic E-state index is 0.0129. The first kappa shape index (κ1) is 22.6. The average molecular weight is 449 g/mol. The van der Waals surface area contributed by atoms with E-state index < -0.39 is 0 Å². The van der Waals surface area contributed by atoms with Gasteiger partial charge < -0.3 is 14.5 Å². The molecule has 4 rings (SSSR count). The number of amides is 1. The first-order chi connectivity index (χ1) is 16.0. The van der Waals surface area contributed by atoms with Crippen LogP contribution >= 0.6 is 0 Å². The van der Waals surface area contributed by atoms with Crippen LogP contribution in [0.5, 0.6) is 5.75 Å². The highest BCUT2D eigenvalue weighted by atomic mass is 19.1. The third kappa shape index (κ3) is 4.92. The van der Waals surface area contributed by atoms with Gasteiger partial charge in [0.25, 0.3) is 0 Å². The van der Waals surface area contributed by atoms with Gasteiger partial charge in [0.2, 0.25) is 5.91 Å². The van der Waals surface area contributed by atoms with Crippen molar-refractivity contribution in [3.63, 3.8) is 0 Å². The first-order valence-corrected chi connectivity index (χ1v) is 11.2. The highest BCUT2D eigenvalue weighted by molar-refractivity contribution is 5.92. The smallest absolute Gasteiger partial charge is 0.246 e. The summed E-state index contributed by atoms with van der Waals surface area (Å²) in [5.74, 6) is 0.581. The Labute approximate surface area is 193 Å². The molecule has 0 unspecified atom stereocenters. The number of nitrogens with zero attached hydrogens (tertiary/aromatic N) is 4. The lowest BCUT2D eigenvalue weighted by atomic mass is 10.1. The monoisotopic (exact) mass is 448 g/mol. The summed E-state index contributed by atoms with van der Waals surface area (Å²) < 4.78 is 20.8. The van der Waals surface area contributed by atoms with Crippen LogP contribution in [0.3, 0.4) is 0 Å². The molecular weight excluding hydrogens is 419 g/mol. The molecule has 33 heavy (non-hydrogen) atoms. The first-order valence-electron chi connectivity index (χ1n) is 11.2. The lowest BCUT2D eigenvalue weighted by molar-refractivity contribution is -0.126. The maximum Gasteiger partial charge on any atom is 0.246 e. The average Bonchev–Trinajstić information content (AvgIpc) is 3.12. The number of benzene rings is 2. The van der Waals surface area contributed by atoms with E-state index in [1.807, 2.05) is 49.9 Å². The maximum absolute atomic E-state index is 13.3. The van der Waals surface area contributed by atoms with Gasteiger partial charge in [-0.15, -0.1) is 0 Å². The van der Waals surface area contributed by atoms with Gasteiger partial charge >= 0.3 is 0 Å². The van der Waals surface area contributed by atoms with Crippen molar-refractivity contribution in [1.29, 1.82) is 0 Å². The molecule has 0 saturated carbocycles. The Hall–Kier alpha value is -3.61. The van der Waals surface area contributed by atoms with Crippen LogP contribution in [0, 0.1) is 19.7 Å². The van der Waals surface area contributed by atoms with E-state index in [4.69, 9.17) is 4.74 Å².